The fraction of sp³-hybridized carbons (Fsp3) is 0.190. The molecule has 152 valence electrons. The number of hydrogen-bond acceptors (Lipinski definition) is 6. The number of benzene rings is 2. The number of sulfone groups is 1. The maximum atomic E-state index is 13.1. The third kappa shape index (κ3) is 4.43. The molecular formula is C21H21NO6S. The van der Waals surface area contributed by atoms with Gasteiger partial charge in [0.2, 0.25) is 0 Å². The molecule has 1 N–H and O–H groups in total. The van der Waals surface area contributed by atoms with Crippen molar-refractivity contribution in [3.63, 3.8) is 0 Å². The molecule has 0 saturated carbocycles. The number of nitrogens with one attached hydrogen (secondary N) is 1. The van der Waals surface area contributed by atoms with Crippen LogP contribution in [0.25, 0.3) is 0 Å². The summed E-state index contributed by atoms with van der Waals surface area (Å²) in [4.78, 5) is 12.8. The van der Waals surface area contributed by atoms with Crippen molar-refractivity contribution in [2.45, 2.75) is 10.1 Å². The number of carbonyl (C=O) groups excluding carboxylic acids is 1. The van der Waals surface area contributed by atoms with Gasteiger partial charge in [0, 0.05) is 12.1 Å². The average Bonchev–Trinajstić information content (AvgIpc) is 3.28. The summed E-state index contributed by atoms with van der Waals surface area (Å²) in [7, 11) is -0.807. The second kappa shape index (κ2) is 8.83. The van der Waals surface area contributed by atoms with Gasteiger partial charge < -0.3 is 19.2 Å². The summed E-state index contributed by atoms with van der Waals surface area (Å²) in [5.74, 6) is 0.705. The van der Waals surface area contributed by atoms with Gasteiger partial charge in [0.05, 0.1) is 25.4 Å². The fourth-order valence-electron chi connectivity index (χ4n) is 2.88. The monoisotopic (exact) mass is 415 g/mol. The predicted octanol–water partition coefficient (Wildman–Crippen LogP) is 3.24. The lowest BCUT2D eigenvalue weighted by Gasteiger charge is -2.17. The minimum absolute atomic E-state index is 0.154. The maximum absolute atomic E-state index is 13.1. The first-order valence-corrected chi connectivity index (χ1v) is 10.3. The van der Waals surface area contributed by atoms with E-state index >= 15 is 0 Å². The van der Waals surface area contributed by atoms with E-state index in [4.69, 9.17) is 13.9 Å². The van der Waals surface area contributed by atoms with Crippen LogP contribution < -0.4 is 14.8 Å². The number of amides is 1. The van der Waals surface area contributed by atoms with Crippen LogP contribution in [-0.4, -0.2) is 35.1 Å². The van der Waals surface area contributed by atoms with E-state index in [1.165, 1.54) is 38.7 Å². The third-order valence-corrected chi connectivity index (χ3v) is 6.48. The van der Waals surface area contributed by atoms with Crippen LogP contribution in [-0.2, 0) is 9.84 Å². The normalized spacial score (nSPS) is 12.2. The van der Waals surface area contributed by atoms with E-state index in [-0.39, 0.29) is 17.2 Å². The van der Waals surface area contributed by atoms with Crippen molar-refractivity contribution in [2.24, 2.45) is 0 Å². The Kier molecular flexibility index (Phi) is 6.23. The van der Waals surface area contributed by atoms with Crippen molar-refractivity contribution in [2.75, 3.05) is 20.8 Å². The summed E-state index contributed by atoms with van der Waals surface area (Å²) in [6.07, 6.45) is 1.40. The maximum Gasteiger partial charge on any atom is 0.251 e. The molecule has 2 aromatic carbocycles. The molecule has 1 aromatic heterocycles. The molecule has 0 saturated heterocycles. The summed E-state index contributed by atoms with van der Waals surface area (Å²) in [5.41, 5.74) is 0.318. The topological polar surface area (TPSA) is 94.8 Å². The van der Waals surface area contributed by atoms with Gasteiger partial charge in [-0.15, -0.1) is 0 Å². The van der Waals surface area contributed by atoms with Crippen LogP contribution in [0.3, 0.4) is 0 Å². The molecule has 0 aliphatic carbocycles. The quantitative estimate of drug-likeness (QED) is 0.607. The summed E-state index contributed by atoms with van der Waals surface area (Å²) in [5, 5.41) is 1.61. The molecule has 0 bridgehead atoms. The Morgan fingerprint density at radius 3 is 2.34 bits per heavy atom. The Morgan fingerprint density at radius 2 is 1.72 bits per heavy atom. The van der Waals surface area contributed by atoms with E-state index < -0.39 is 21.0 Å². The van der Waals surface area contributed by atoms with Crippen molar-refractivity contribution >= 4 is 15.7 Å². The predicted molar refractivity (Wildman–Crippen MR) is 107 cm³/mol. The van der Waals surface area contributed by atoms with Gasteiger partial charge in [-0.1, -0.05) is 18.2 Å². The van der Waals surface area contributed by atoms with Crippen LogP contribution in [0.5, 0.6) is 11.5 Å². The second-order valence-electron chi connectivity index (χ2n) is 6.14. The number of ether oxygens (including phenoxy) is 2. The van der Waals surface area contributed by atoms with Gasteiger partial charge >= 0.3 is 0 Å². The molecule has 0 aliphatic heterocycles. The molecule has 1 heterocycles. The van der Waals surface area contributed by atoms with Gasteiger partial charge in [0.1, 0.15) is 11.0 Å². The number of carbonyl (C=O) groups is 1. The lowest BCUT2D eigenvalue weighted by Crippen LogP contribution is -2.31. The van der Waals surface area contributed by atoms with Crippen LogP contribution in [0.15, 0.2) is 76.2 Å². The van der Waals surface area contributed by atoms with Crippen LogP contribution >= 0.6 is 0 Å². The number of rotatable bonds is 8. The minimum atomic E-state index is -3.78. The summed E-state index contributed by atoms with van der Waals surface area (Å²) in [6.45, 7) is -0.155. The molecular weight excluding hydrogens is 394 g/mol. The van der Waals surface area contributed by atoms with Crippen LogP contribution in [0, 0.1) is 0 Å². The molecule has 3 aromatic rings. The van der Waals surface area contributed by atoms with Crippen molar-refractivity contribution in [1.29, 1.82) is 0 Å². The van der Waals surface area contributed by atoms with Gasteiger partial charge in [-0.3, -0.25) is 4.79 Å². The van der Waals surface area contributed by atoms with Crippen LogP contribution in [0.2, 0.25) is 0 Å². The molecule has 29 heavy (non-hydrogen) atoms. The first-order valence-electron chi connectivity index (χ1n) is 8.80. The molecule has 8 heteroatoms. The van der Waals surface area contributed by atoms with Gasteiger partial charge in [-0.2, -0.15) is 0 Å². The first kappa shape index (κ1) is 20.5. The Morgan fingerprint density at radius 1 is 1.00 bits per heavy atom. The van der Waals surface area contributed by atoms with Crippen molar-refractivity contribution in [1.82, 2.24) is 5.32 Å². The zero-order chi connectivity index (χ0) is 20.9. The Hall–Kier alpha value is -3.26. The van der Waals surface area contributed by atoms with Crippen molar-refractivity contribution in [3.05, 3.63) is 78.3 Å². The Labute approximate surface area is 169 Å². The standard InChI is InChI=1S/C21H21NO6S/c1-26-17-11-10-15(13-19(17)27-2)21(23)22-14-20(18-9-6-12-28-18)29(24,25)16-7-4-3-5-8-16/h3-13,20H,14H2,1-2H3,(H,22,23)/t20-/m0/s1. The summed E-state index contributed by atoms with van der Waals surface area (Å²) in [6, 6.07) is 16.0. The lowest BCUT2D eigenvalue weighted by atomic mass is 10.2. The first-order chi connectivity index (χ1) is 14.0. The van der Waals surface area contributed by atoms with Gasteiger partial charge in [0.25, 0.3) is 5.91 Å². The zero-order valence-corrected chi connectivity index (χ0v) is 16.8. The molecule has 7 nitrogen and oxygen atoms in total. The molecule has 0 fully saturated rings. The van der Waals surface area contributed by atoms with E-state index in [9.17, 15) is 13.2 Å². The molecule has 0 unspecified atom stereocenters. The highest BCUT2D eigenvalue weighted by Gasteiger charge is 2.31. The molecule has 0 aliphatic rings. The minimum Gasteiger partial charge on any atom is -0.493 e. The smallest absolute Gasteiger partial charge is 0.251 e. The molecule has 3 rings (SSSR count). The number of furan rings is 1. The molecule has 1 atom stereocenters. The summed E-state index contributed by atoms with van der Waals surface area (Å²) >= 11 is 0. The van der Waals surface area contributed by atoms with E-state index in [2.05, 4.69) is 5.32 Å². The van der Waals surface area contributed by atoms with E-state index in [0.717, 1.165) is 0 Å². The van der Waals surface area contributed by atoms with Crippen LogP contribution in [0.1, 0.15) is 21.4 Å². The Bertz CT molecular complexity index is 1060. The van der Waals surface area contributed by atoms with Crippen molar-refractivity contribution < 1.29 is 27.1 Å². The van der Waals surface area contributed by atoms with E-state index in [1.54, 1.807) is 42.5 Å². The molecule has 0 radical (unpaired) electrons. The summed E-state index contributed by atoms with van der Waals surface area (Å²) < 4.78 is 41.9. The van der Waals surface area contributed by atoms with Crippen molar-refractivity contribution in [3.8, 4) is 11.5 Å². The largest absolute Gasteiger partial charge is 0.493 e. The second-order valence-corrected chi connectivity index (χ2v) is 8.27. The highest BCUT2D eigenvalue weighted by molar-refractivity contribution is 7.91. The fourth-order valence-corrected chi connectivity index (χ4v) is 4.48. The third-order valence-electron chi connectivity index (χ3n) is 4.40. The van der Waals surface area contributed by atoms with Gasteiger partial charge in [-0.25, -0.2) is 8.42 Å². The molecule has 0 spiro atoms. The van der Waals surface area contributed by atoms with Crippen LogP contribution in [0.4, 0.5) is 0 Å². The van der Waals surface area contributed by atoms with E-state index in [0.29, 0.717) is 17.1 Å². The highest BCUT2D eigenvalue weighted by atomic mass is 32.2. The SMILES string of the molecule is COc1ccc(C(=O)NC[C@@H](c2ccco2)S(=O)(=O)c2ccccc2)cc1OC. The lowest BCUT2D eigenvalue weighted by molar-refractivity contribution is 0.0953. The van der Waals surface area contributed by atoms with E-state index in [1.807, 2.05) is 0 Å². The van der Waals surface area contributed by atoms with Gasteiger partial charge in [-0.05, 0) is 42.5 Å². The number of hydrogen-bond donors (Lipinski definition) is 1. The Balaban J connectivity index is 1.84. The average molecular weight is 415 g/mol. The molecule has 1 amide bonds. The number of methoxy groups -OCH3 is 2. The van der Waals surface area contributed by atoms with Gasteiger partial charge in [0.15, 0.2) is 21.3 Å². The highest BCUT2D eigenvalue weighted by Crippen LogP contribution is 2.30. The zero-order valence-electron chi connectivity index (χ0n) is 16.0.